The van der Waals surface area contributed by atoms with Gasteiger partial charge in [-0.25, -0.2) is 8.42 Å². The first-order chi connectivity index (χ1) is 9.57. The minimum absolute atomic E-state index is 0.0885. The molecule has 0 atom stereocenters. The van der Waals surface area contributed by atoms with Crippen molar-refractivity contribution in [1.82, 2.24) is 0 Å². The van der Waals surface area contributed by atoms with E-state index >= 15 is 0 Å². The molecular weight excluding hydrogens is 320 g/mol. The second kappa shape index (κ2) is 6.60. The van der Waals surface area contributed by atoms with E-state index in [1.54, 1.807) is 0 Å². The van der Waals surface area contributed by atoms with E-state index in [1.165, 1.54) is 30.1 Å². The molecule has 0 aliphatic rings. The Morgan fingerprint density at radius 2 is 1.81 bits per heavy atom. The first-order valence-corrected chi connectivity index (χ1v) is 9.22. The van der Waals surface area contributed by atoms with Crippen LogP contribution in [0.3, 0.4) is 0 Å². The molecule has 0 amide bonds. The number of rotatable bonds is 7. The summed E-state index contributed by atoms with van der Waals surface area (Å²) in [7, 11) is -6.40. The molecule has 0 aliphatic carbocycles. The van der Waals surface area contributed by atoms with E-state index in [-0.39, 0.29) is 22.8 Å². The highest BCUT2D eigenvalue weighted by Crippen LogP contribution is 2.27. The fourth-order valence-corrected chi connectivity index (χ4v) is 3.52. The fourth-order valence-electron chi connectivity index (χ4n) is 1.70. The van der Waals surface area contributed by atoms with Crippen LogP contribution in [0, 0.1) is 0 Å². The van der Waals surface area contributed by atoms with Gasteiger partial charge in [0.15, 0.2) is 9.84 Å². The first-order valence-electron chi connectivity index (χ1n) is 5.96. The molecule has 0 heterocycles. The van der Waals surface area contributed by atoms with Crippen LogP contribution in [-0.2, 0) is 20.0 Å². The van der Waals surface area contributed by atoms with Crippen molar-refractivity contribution >= 4 is 31.3 Å². The van der Waals surface area contributed by atoms with Gasteiger partial charge in [0.1, 0.15) is 0 Å². The lowest BCUT2D eigenvalue weighted by Crippen LogP contribution is -2.27. The molecule has 10 heteroatoms. The zero-order chi connectivity index (χ0) is 16.3. The molecular formula is C11H18N2O6S2. The molecule has 1 rings (SSSR count). The van der Waals surface area contributed by atoms with Gasteiger partial charge in [0, 0.05) is 19.3 Å². The number of anilines is 2. The molecule has 8 nitrogen and oxygen atoms in total. The summed E-state index contributed by atoms with van der Waals surface area (Å²) in [5.41, 5.74) is 6.07. The van der Waals surface area contributed by atoms with Crippen LogP contribution in [0.5, 0.6) is 0 Å². The van der Waals surface area contributed by atoms with E-state index in [0.717, 1.165) is 0 Å². The predicted octanol–water partition coefficient (Wildman–Crippen LogP) is -0.641. The van der Waals surface area contributed by atoms with Gasteiger partial charge in [-0.05, 0) is 18.2 Å². The van der Waals surface area contributed by atoms with Crippen LogP contribution in [0.4, 0.5) is 11.4 Å². The minimum Gasteiger partial charge on any atom is -0.399 e. The van der Waals surface area contributed by atoms with Crippen molar-refractivity contribution in [2.45, 2.75) is 4.90 Å². The first kappa shape index (κ1) is 17.7. The third-order valence-electron chi connectivity index (χ3n) is 2.77. The lowest BCUT2D eigenvalue weighted by Gasteiger charge is -2.22. The Bertz CT molecular complexity index is 699. The molecule has 0 radical (unpaired) electrons. The van der Waals surface area contributed by atoms with Crippen LogP contribution in [0.2, 0.25) is 0 Å². The molecule has 0 spiro atoms. The van der Waals surface area contributed by atoms with Gasteiger partial charge in [0.05, 0.1) is 28.7 Å². The Balaban J connectivity index is 3.18. The summed E-state index contributed by atoms with van der Waals surface area (Å²) in [6.45, 7) is -0.629. The highest BCUT2D eigenvalue weighted by atomic mass is 32.2. The Hall–Kier alpha value is -1.36. The zero-order valence-corrected chi connectivity index (χ0v) is 13.1. The molecule has 0 bridgehead atoms. The molecule has 0 saturated carbocycles. The molecule has 21 heavy (non-hydrogen) atoms. The third kappa shape index (κ3) is 5.16. The third-order valence-corrected chi connectivity index (χ3v) is 5.19. The summed E-state index contributed by atoms with van der Waals surface area (Å²) < 4.78 is 54.5. The molecule has 1 aromatic carbocycles. The molecule has 120 valence electrons. The second-order valence-electron chi connectivity index (χ2n) is 4.48. The Kier molecular flexibility index (Phi) is 5.56. The fraction of sp³-hybridized carbons (Fsp3) is 0.455. The summed E-state index contributed by atoms with van der Waals surface area (Å²) in [6, 6.07) is 4.19. The average Bonchev–Trinajstić information content (AvgIpc) is 2.35. The summed E-state index contributed by atoms with van der Waals surface area (Å²) in [5, 5.41) is 8.84. The maximum Gasteiger partial charge on any atom is 0.266 e. The van der Waals surface area contributed by atoms with Gasteiger partial charge in [-0.15, -0.1) is 0 Å². The normalized spacial score (nSPS) is 12.3. The quantitative estimate of drug-likeness (QED) is 0.441. The van der Waals surface area contributed by atoms with Gasteiger partial charge < -0.3 is 15.7 Å². The number of nitrogens with zero attached hydrogens (tertiary/aromatic N) is 1. The predicted molar refractivity (Wildman–Crippen MR) is 79.7 cm³/mol. The molecule has 1 aromatic rings. The molecule has 0 aliphatic heterocycles. The van der Waals surface area contributed by atoms with E-state index < -0.39 is 38.1 Å². The van der Waals surface area contributed by atoms with Gasteiger partial charge in [-0.3, -0.25) is 4.55 Å². The lowest BCUT2D eigenvalue weighted by atomic mass is 10.2. The van der Waals surface area contributed by atoms with Crippen LogP contribution >= 0.6 is 0 Å². The molecule has 0 fully saturated rings. The van der Waals surface area contributed by atoms with Crippen molar-refractivity contribution in [2.24, 2.45) is 0 Å². The van der Waals surface area contributed by atoms with E-state index in [9.17, 15) is 16.8 Å². The Morgan fingerprint density at radius 3 is 2.33 bits per heavy atom. The van der Waals surface area contributed by atoms with E-state index in [0.29, 0.717) is 0 Å². The van der Waals surface area contributed by atoms with Crippen LogP contribution < -0.4 is 10.6 Å². The minimum atomic E-state index is -4.15. The second-order valence-corrected chi connectivity index (χ2v) is 8.13. The van der Waals surface area contributed by atoms with Crippen molar-refractivity contribution in [1.29, 1.82) is 0 Å². The highest BCUT2D eigenvalue weighted by molar-refractivity contribution is 7.91. The Morgan fingerprint density at radius 1 is 1.19 bits per heavy atom. The number of nitrogens with two attached hydrogens (primary N) is 1. The average molecular weight is 338 g/mol. The summed E-state index contributed by atoms with van der Waals surface area (Å²) in [4.78, 5) is 1.30. The van der Waals surface area contributed by atoms with Gasteiger partial charge in [0.2, 0.25) is 0 Å². The molecule has 0 aromatic heterocycles. The maximum atomic E-state index is 12.1. The summed E-state index contributed by atoms with van der Waals surface area (Å²) >= 11 is 0. The van der Waals surface area contributed by atoms with Crippen LogP contribution in [0.25, 0.3) is 0 Å². The summed E-state index contributed by atoms with van der Waals surface area (Å²) in [6.07, 6.45) is 0. The van der Waals surface area contributed by atoms with E-state index in [1.807, 2.05) is 0 Å². The number of aliphatic hydroxyl groups is 1. The Labute approximate surface area is 123 Å². The van der Waals surface area contributed by atoms with Gasteiger partial charge in [0.25, 0.3) is 10.1 Å². The molecule has 0 saturated heterocycles. The van der Waals surface area contributed by atoms with Crippen LogP contribution in [0.1, 0.15) is 0 Å². The molecule has 4 N–H and O–H groups in total. The smallest absolute Gasteiger partial charge is 0.266 e. The molecule has 0 unspecified atom stereocenters. The van der Waals surface area contributed by atoms with Crippen LogP contribution in [-0.4, -0.2) is 58.2 Å². The van der Waals surface area contributed by atoms with E-state index in [4.69, 9.17) is 15.4 Å². The van der Waals surface area contributed by atoms with E-state index in [2.05, 4.69) is 0 Å². The number of benzene rings is 1. The van der Waals surface area contributed by atoms with Crippen molar-refractivity contribution < 1.29 is 26.5 Å². The van der Waals surface area contributed by atoms with Gasteiger partial charge >= 0.3 is 0 Å². The monoisotopic (exact) mass is 338 g/mol. The van der Waals surface area contributed by atoms with Crippen molar-refractivity contribution in [3.63, 3.8) is 0 Å². The zero-order valence-electron chi connectivity index (χ0n) is 11.4. The lowest BCUT2D eigenvalue weighted by molar-refractivity contribution is 0.319. The summed E-state index contributed by atoms with van der Waals surface area (Å²) in [5.74, 6) is -0.997. The SMILES string of the molecule is CN(CCS(=O)(=O)O)c1ccc(N)cc1S(=O)(=O)CCO. The van der Waals surface area contributed by atoms with Gasteiger partial charge in [-0.2, -0.15) is 8.42 Å². The highest BCUT2D eigenvalue weighted by Gasteiger charge is 2.21. The van der Waals surface area contributed by atoms with Crippen molar-refractivity contribution in [3.8, 4) is 0 Å². The number of hydrogen-bond donors (Lipinski definition) is 3. The standard InChI is InChI=1S/C11H18N2O6S2/c1-13(4-6-21(17,18)19)10-3-2-9(12)8-11(10)20(15,16)7-5-14/h2-3,8,14H,4-7,12H2,1H3,(H,17,18,19). The van der Waals surface area contributed by atoms with Crippen LogP contribution in [0.15, 0.2) is 23.1 Å². The topological polar surface area (TPSA) is 138 Å². The number of nitrogen functional groups attached to an aromatic ring is 1. The van der Waals surface area contributed by atoms with Gasteiger partial charge in [-0.1, -0.05) is 0 Å². The number of aliphatic hydroxyl groups excluding tert-OH is 1. The number of sulfone groups is 1. The van der Waals surface area contributed by atoms with Crippen molar-refractivity contribution in [2.75, 3.05) is 42.3 Å². The maximum absolute atomic E-state index is 12.1. The number of hydrogen-bond acceptors (Lipinski definition) is 7. The largest absolute Gasteiger partial charge is 0.399 e. The van der Waals surface area contributed by atoms with Crippen molar-refractivity contribution in [3.05, 3.63) is 18.2 Å².